The zero-order valence-corrected chi connectivity index (χ0v) is 26.5. The zero-order chi connectivity index (χ0) is 32.1. The van der Waals surface area contributed by atoms with E-state index >= 15 is 0 Å². The van der Waals surface area contributed by atoms with E-state index in [-0.39, 0.29) is 22.2 Å². The predicted octanol–water partition coefficient (Wildman–Crippen LogP) is 5.82. The van der Waals surface area contributed by atoms with E-state index in [1.807, 2.05) is 18.5 Å². The Labute approximate surface area is 252 Å². The van der Waals surface area contributed by atoms with Crippen LogP contribution in [0.3, 0.4) is 0 Å². The molecule has 0 aliphatic carbocycles. The van der Waals surface area contributed by atoms with Crippen LogP contribution in [0.25, 0.3) is 44.8 Å². The third kappa shape index (κ3) is 4.47. The Morgan fingerprint density at radius 3 is 2.27 bits per heavy atom. The van der Waals surface area contributed by atoms with E-state index in [1.165, 1.54) is 12.4 Å². The van der Waals surface area contributed by atoms with Gasteiger partial charge in [0, 0.05) is 37.2 Å². The summed E-state index contributed by atoms with van der Waals surface area (Å²) in [6.45, 7) is 14.7. The van der Waals surface area contributed by atoms with Gasteiger partial charge in [-0.05, 0) is 12.5 Å². The topological polar surface area (TPSA) is 96.7 Å². The summed E-state index contributed by atoms with van der Waals surface area (Å²) in [5.74, 6) is 0.0571. The van der Waals surface area contributed by atoms with E-state index in [4.69, 9.17) is 4.98 Å². The molecule has 44 heavy (non-hydrogen) atoms. The lowest BCUT2D eigenvalue weighted by atomic mass is 9.88. The highest BCUT2D eigenvalue weighted by Crippen LogP contribution is 2.37. The third-order valence-corrected chi connectivity index (χ3v) is 7.91. The van der Waals surface area contributed by atoms with Gasteiger partial charge in [0.05, 0.1) is 35.4 Å². The molecule has 6 aromatic heterocycles. The molecule has 0 aliphatic rings. The van der Waals surface area contributed by atoms with Crippen molar-refractivity contribution < 1.29 is 17.7 Å². The van der Waals surface area contributed by atoms with Crippen LogP contribution in [0.5, 0.6) is 0 Å². The summed E-state index contributed by atoms with van der Waals surface area (Å²) in [6.07, 6.45) is 1.55. The maximum absolute atomic E-state index is 14.0. The molecule has 0 amide bonds. The van der Waals surface area contributed by atoms with Crippen LogP contribution in [0.4, 0.5) is 19.0 Å². The molecule has 0 saturated heterocycles. The van der Waals surface area contributed by atoms with Gasteiger partial charge in [0.1, 0.15) is 23.2 Å². The van der Waals surface area contributed by atoms with E-state index in [0.717, 1.165) is 43.6 Å². The zero-order valence-electron chi connectivity index (χ0n) is 26.5. The monoisotopic (exact) mass is 605 g/mol. The van der Waals surface area contributed by atoms with Gasteiger partial charge < -0.3 is 9.88 Å². The average molecular weight is 606 g/mol. The number of aryl methyl sites for hydroxylation is 2. The molecule has 10 nitrogen and oxygen atoms in total. The minimum atomic E-state index is -4.65. The molecule has 230 valence electrons. The summed E-state index contributed by atoms with van der Waals surface area (Å²) < 4.78 is 47.2. The number of nitrogens with one attached hydrogen (secondary N) is 1. The van der Waals surface area contributed by atoms with Crippen LogP contribution in [-0.4, -0.2) is 53.0 Å². The van der Waals surface area contributed by atoms with Gasteiger partial charge in [0.25, 0.3) is 0 Å². The number of alkyl halides is 3. The Kier molecular flexibility index (Phi) is 6.36. The molecule has 0 aromatic carbocycles. The molecule has 0 aliphatic heterocycles. The lowest BCUT2D eigenvalue weighted by molar-refractivity contribution is -0.615. The van der Waals surface area contributed by atoms with Crippen LogP contribution >= 0.6 is 0 Å². The number of rotatable bonds is 3. The Bertz CT molecular complexity index is 2080. The van der Waals surface area contributed by atoms with Crippen molar-refractivity contribution in [2.24, 2.45) is 7.05 Å². The van der Waals surface area contributed by atoms with Gasteiger partial charge in [0.2, 0.25) is 29.3 Å². The van der Waals surface area contributed by atoms with Crippen molar-refractivity contribution in [1.82, 2.24) is 38.9 Å². The normalized spacial score (nSPS) is 13.1. The number of anilines is 1. The van der Waals surface area contributed by atoms with Crippen molar-refractivity contribution in [3.8, 4) is 17.2 Å². The minimum absolute atomic E-state index is 0.186. The summed E-state index contributed by atoms with van der Waals surface area (Å²) in [6, 6.07) is 2.09. The highest BCUT2D eigenvalue weighted by Gasteiger charge is 2.38. The Morgan fingerprint density at radius 1 is 0.955 bits per heavy atom. The fourth-order valence-corrected chi connectivity index (χ4v) is 6.00. The van der Waals surface area contributed by atoms with E-state index in [0.29, 0.717) is 17.0 Å². The van der Waals surface area contributed by atoms with Crippen molar-refractivity contribution in [1.29, 1.82) is 0 Å². The summed E-state index contributed by atoms with van der Waals surface area (Å²) in [5, 5.41) is 1.84. The molecular weight excluding hydrogens is 569 g/mol. The first kappa shape index (κ1) is 29.5. The minimum Gasteiger partial charge on any atom is -0.361 e. The fraction of sp³-hybridized carbons (Fsp3) is 0.419. The molecule has 1 N–H and O–H groups in total. The quantitative estimate of drug-likeness (QED) is 0.256. The largest absolute Gasteiger partial charge is 0.450 e. The molecular formula is C31H36F3N10+. The molecule has 6 aromatic rings. The summed E-state index contributed by atoms with van der Waals surface area (Å²) >= 11 is 0. The first-order chi connectivity index (χ1) is 20.4. The summed E-state index contributed by atoms with van der Waals surface area (Å²) in [7, 11) is 5.28. The molecule has 0 bridgehead atoms. The van der Waals surface area contributed by atoms with E-state index in [9.17, 15) is 13.2 Å². The van der Waals surface area contributed by atoms with Gasteiger partial charge in [0.15, 0.2) is 5.82 Å². The summed E-state index contributed by atoms with van der Waals surface area (Å²) in [4.78, 5) is 27.4. The second kappa shape index (κ2) is 9.47. The lowest BCUT2D eigenvalue weighted by Crippen LogP contribution is -2.43. The number of hydrogen-bond acceptors (Lipinski definition) is 6. The second-order valence-corrected chi connectivity index (χ2v) is 13.5. The molecule has 0 saturated carbocycles. The van der Waals surface area contributed by atoms with Crippen LogP contribution in [-0.2, 0) is 24.1 Å². The van der Waals surface area contributed by atoms with Gasteiger partial charge in [-0.15, -0.1) is 0 Å². The van der Waals surface area contributed by atoms with E-state index in [1.54, 1.807) is 31.6 Å². The first-order valence-corrected chi connectivity index (χ1v) is 14.3. The molecule has 6 rings (SSSR count). The van der Waals surface area contributed by atoms with Gasteiger partial charge in [-0.1, -0.05) is 46.5 Å². The highest BCUT2D eigenvalue weighted by atomic mass is 19.4. The number of nitrogens with zero attached hydrogens (tertiary/aromatic N) is 9. The van der Waals surface area contributed by atoms with Crippen LogP contribution < -0.4 is 9.47 Å². The number of aromatic nitrogens is 9. The second-order valence-electron chi connectivity index (χ2n) is 13.5. The van der Waals surface area contributed by atoms with Crippen molar-refractivity contribution >= 4 is 33.4 Å². The summed E-state index contributed by atoms with van der Waals surface area (Å²) in [5.41, 5.74) is 4.85. The number of hydrogen-bond donors (Lipinski definition) is 1. The Hall–Kier alpha value is -4.55. The third-order valence-electron chi connectivity index (χ3n) is 7.91. The van der Waals surface area contributed by atoms with Gasteiger partial charge in [-0.25, -0.2) is 24.1 Å². The number of aromatic amines is 1. The van der Waals surface area contributed by atoms with E-state index < -0.39 is 12.0 Å². The maximum Gasteiger partial charge on any atom is 0.450 e. The first-order valence-electron chi connectivity index (χ1n) is 14.3. The smallest absolute Gasteiger partial charge is 0.361 e. The van der Waals surface area contributed by atoms with Crippen LogP contribution in [0, 0.1) is 6.92 Å². The predicted molar refractivity (Wildman–Crippen MR) is 163 cm³/mol. The van der Waals surface area contributed by atoms with Crippen molar-refractivity contribution in [3.63, 3.8) is 0 Å². The molecule has 0 fully saturated rings. The van der Waals surface area contributed by atoms with Gasteiger partial charge >= 0.3 is 6.18 Å². The van der Waals surface area contributed by atoms with Crippen molar-refractivity contribution in [3.05, 3.63) is 53.9 Å². The molecule has 0 spiro atoms. The Morgan fingerprint density at radius 2 is 1.66 bits per heavy atom. The SMILES string of the molecule is Cc1c(-c2cn3c(C(F)(F)F)nc(N(C)C)c3cn2)[nH]c2nc[n+](-c3cc4c(C(C)(C)C)ncnc4n3C)c(C(C)(C)C)c12. The number of imidazole rings is 1. The average Bonchev–Trinajstić information content (AvgIpc) is 3.58. The fourth-order valence-electron chi connectivity index (χ4n) is 6.00. The molecule has 6 heterocycles. The van der Waals surface area contributed by atoms with Gasteiger partial charge in [-0.3, -0.25) is 9.38 Å². The van der Waals surface area contributed by atoms with Crippen molar-refractivity contribution in [2.45, 2.75) is 65.5 Å². The van der Waals surface area contributed by atoms with Crippen LogP contribution in [0.1, 0.15) is 64.3 Å². The maximum atomic E-state index is 14.0. The lowest BCUT2D eigenvalue weighted by Gasteiger charge is -2.21. The van der Waals surface area contributed by atoms with E-state index in [2.05, 4.69) is 77.1 Å². The Balaban J connectivity index is 1.61. The standard InChI is InChI=1S/C31H35F3N10/c1-16-21-24(30(5,6)7)44(20-11-17-23(29(2,3)4)36-14-37-26(17)42(20)10)15-38-25(21)39-22(16)18-13-43-19(12-35-18)27(41(8)9)40-28(43)31(32,33)34/h11-15H,1-10H3/p+1. The molecule has 0 unspecified atom stereocenters. The van der Waals surface area contributed by atoms with Crippen molar-refractivity contribution in [2.75, 3.05) is 19.0 Å². The van der Waals surface area contributed by atoms with Gasteiger partial charge in [-0.2, -0.15) is 13.2 Å². The van der Waals surface area contributed by atoms with Crippen LogP contribution in [0.15, 0.2) is 31.1 Å². The molecule has 0 radical (unpaired) electrons. The molecule has 13 heteroatoms. The molecule has 0 atom stereocenters. The highest BCUT2D eigenvalue weighted by molar-refractivity contribution is 5.89. The number of halogens is 3. The number of H-pyrrole nitrogens is 1. The number of fused-ring (bicyclic) bond motifs is 3. The van der Waals surface area contributed by atoms with Crippen LogP contribution in [0.2, 0.25) is 0 Å².